The van der Waals surface area contributed by atoms with Gasteiger partial charge in [-0.15, -0.1) is 11.3 Å². The number of ether oxygens (including phenoxy) is 1. The predicted molar refractivity (Wildman–Crippen MR) is 127 cm³/mol. The van der Waals surface area contributed by atoms with E-state index in [4.69, 9.17) is 9.15 Å². The standard InChI is InChI=1S/C26H21NO5S/c1-3-15-9-11-17(12-10-15)27-22(20-8-5-13-33-20)21(24(29)26(27)30)23(28)19-14-16-6-4-7-18(31-2)25(16)32-19/h4-14,22,29H,3H2,1-2H3. The number of methoxy groups -OCH3 is 1. The number of fused-ring (bicyclic) bond motifs is 1. The Morgan fingerprint density at radius 3 is 2.61 bits per heavy atom. The van der Waals surface area contributed by atoms with Gasteiger partial charge >= 0.3 is 0 Å². The number of nitrogens with zero attached hydrogens (tertiary/aromatic N) is 1. The molecule has 1 aliphatic rings. The molecule has 1 atom stereocenters. The minimum absolute atomic E-state index is 0.0000380. The Morgan fingerprint density at radius 1 is 1.15 bits per heavy atom. The Hall–Kier alpha value is -3.84. The van der Waals surface area contributed by atoms with E-state index >= 15 is 0 Å². The smallest absolute Gasteiger partial charge is 0.294 e. The van der Waals surface area contributed by atoms with Crippen LogP contribution < -0.4 is 9.64 Å². The molecule has 2 aromatic heterocycles. The van der Waals surface area contributed by atoms with Crippen LogP contribution in [-0.4, -0.2) is 23.9 Å². The number of aliphatic hydroxyl groups excluding tert-OH is 1. The van der Waals surface area contributed by atoms with E-state index in [0.717, 1.165) is 16.9 Å². The third-order valence-electron chi connectivity index (χ3n) is 5.84. The average molecular weight is 460 g/mol. The number of amides is 1. The highest BCUT2D eigenvalue weighted by Crippen LogP contribution is 2.44. The van der Waals surface area contributed by atoms with Crippen molar-refractivity contribution in [2.24, 2.45) is 0 Å². The molecule has 0 radical (unpaired) electrons. The van der Waals surface area contributed by atoms with Crippen LogP contribution in [0.15, 0.2) is 81.8 Å². The number of ketones is 1. The molecule has 7 heteroatoms. The summed E-state index contributed by atoms with van der Waals surface area (Å²) in [5.74, 6) is -1.18. The van der Waals surface area contributed by atoms with Gasteiger partial charge in [0.15, 0.2) is 22.9 Å². The third kappa shape index (κ3) is 3.41. The number of thiophene rings is 1. The molecule has 33 heavy (non-hydrogen) atoms. The summed E-state index contributed by atoms with van der Waals surface area (Å²) in [6.45, 7) is 2.05. The fourth-order valence-electron chi connectivity index (χ4n) is 4.15. The zero-order valence-corrected chi connectivity index (χ0v) is 18.9. The van der Waals surface area contributed by atoms with Gasteiger partial charge in [0.1, 0.15) is 6.04 Å². The van der Waals surface area contributed by atoms with E-state index in [1.807, 2.05) is 47.8 Å². The van der Waals surface area contributed by atoms with Crippen molar-refractivity contribution in [3.63, 3.8) is 0 Å². The van der Waals surface area contributed by atoms with Gasteiger partial charge in [-0.05, 0) is 47.7 Å². The maximum absolute atomic E-state index is 13.6. The van der Waals surface area contributed by atoms with Crippen LogP contribution in [0.2, 0.25) is 0 Å². The summed E-state index contributed by atoms with van der Waals surface area (Å²) in [6.07, 6.45) is 0.866. The Morgan fingerprint density at radius 2 is 1.94 bits per heavy atom. The summed E-state index contributed by atoms with van der Waals surface area (Å²) in [6, 6.07) is 17.5. The first-order valence-electron chi connectivity index (χ1n) is 10.5. The number of hydrogen-bond donors (Lipinski definition) is 1. The van der Waals surface area contributed by atoms with Crippen LogP contribution >= 0.6 is 11.3 Å². The zero-order valence-electron chi connectivity index (χ0n) is 18.1. The lowest BCUT2D eigenvalue weighted by Gasteiger charge is -2.25. The van der Waals surface area contributed by atoms with E-state index in [9.17, 15) is 14.7 Å². The van der Waals surface area contributed by atoms with Crippen molar-refractivity contribution in [1.82, 2.24) is 0 Å². The molecule has 0 aliphatic carbocycles. The largest absolute Gasteiger partial charge is 0.503 e. The average Bonchev–Trinajstić information content (AvgIpc) is 3.57. The lowest BCUT2D eigenvalue weighted by molar-refractivity contribution is -0.117. The first-order valence-corrected chi connectivity index (χ1v) is 11.4. The van der Waals surface area contributed by atoms with Gasteiger partial charge in [-0.25, -0.2) is 0 Å². The maximum Gasteiger partial charge on any atom is 0.294 e. The number of rotatable bonds is 6. The molecule has 0 saturated carbocycles. The predicted octanol–water partition coefficient (Wildman–Crippen LogP) is 5.85. The monoisotopic (exact) mass is 459 g/mol. The van der Waals surface area contributed by atoms with Crippen LogP contribution in [0.5, 0.6) is 5.75 Å². The molecule has 1 amide bonds. The Labute approximate surface area is 194 Å². The summed E-state index contributed by atoms with van der Waals surface area (Å²) >= 11 is 1.42. The first-order chi connectivity index (χ1) is 16.0. The van der Waals surface area contributed by atoms with Crippen LogP contribution in [0.3, 0.4) is 0 Å². The van der Waals surface area contributed by atoms with E-state index in [1.165, 1.54) is 23.3 Å². The van der Waals surface area contributed by atoms with Gasteiger partial charge in [-0.1, -0.05) is 37.3 Å². The molecule has 1 N–H and O–H groups in total. The number of aliphatic hydroxyl groups is 1. The van der Waals surface area contributed by atoms with Crippen LogP contribution in [0.1, 0.15) is 34.0 Å². The van der Waals surface area contributed by atoms with Crippen LogP contribution in [0.4, 0.5) is 5.69 Å². The number of Topliss-reactive ketones (excluding diaryl/α,β-unsaturated/α-hetero) is 1. The van der Waals surface area contributed by atoms with Gasteiger partial charge in [0, 0.05) is 16.0 Å². The molecule has 4 aromatic rings. The summed E-state index contributed by atoms with van der Waals surface area (Å²) in [5.41, 5.74) is 2.17. The Kier molecular flexibility index (Phi) is 5.26. The van der Waals surface area contributed by atoms with Crippen LogP contribution in [0, 0.1) is 0 Å². The highest BCUT2D eigenvalue weighted by Gasteiger charge is 2.45. The van der Waals surface area contributed by atoms with E-state index in [0.29, 0.717) is 22.4 Å². The maximum atomic E-state index is 13.6. The molecule has 1 aliphatic heterocycles. The second-order valence-corrected chi connectivity index (χ2v) is 8.67. The molecule has 166 valence electrons. The quantitative estimate of drug-likeness (QED) is 0.366. The lowest BCUT2D eigenvalue weighted by atomic mass is 9.99. The number of benzene rings is 2. The van der Waals surface area contributed by atoms with Gasteiger partial charge in [-0.3, -0.25) is 14.5 Å². The molecule has 0 fully saturated rings. The first kappa shape index (κ1) is 21.0. The topological polar surface area (TPSA) is 80.0 Å². The number of furan rings is 1. The summed E-state index contributed by atoms with van der Waals surface area (Å²) in [4.78, 5) is 29.1. The van der Waals surface area contributed by atoms with E-state index < -0.39 is 23.5 Å². The molecule has 2 aromatic carbocycles. The van der Waals surface area contributed by atoms with Gasteiger partial charge < -0.3 is 14.3 Å². The Bertz CT molecular complexity index is 1380. The molecule has 1 unspecified atom stereocenters. The Balaban J connectivity index is 1.62. The van der Waals surface area contributed by atoms with E-state index in [2.05, 4.69) is 6.92 Å². The summed E-state index contributed by atoms with van der Waals surface area (Å²) in [7, 11) is 1.53. The van der Waals surface area contributed by atoms with E-state index in [-0.39, 0.29) is 11.3 Å². The summed E-state index contributed by atoms with van der Waals surface area (Å²) < 4.78 is 11.2. The number of aryl methyl sites for hydroxylation is 1. The van der Waals surface area contributed by atoms with Crippen LogP contribution in [-0.2, 0) is 11.2 Å². The second kappa shape index (κ2) is 8.26. The van der Waals surface area contributed by atoms with Crippen LogP contribution in [0.25, 0.3) is 11.0 Å². The zero-order chi connectivity index (χ0) is 23.1. The molecule has 3 heterocycles. The van der Waals surface area contributed by atoms with Crippen molar-refractivity contribution in [3.05, 3.63) is 93.6 Å². The SMILES string of the molecule is CCc1ccc(N2C(=O)C(O)=C(C(=O)c3cc4cccc(OC)c4o3)C2c2cccs2)cc1. The molecule has 5 rings (SSSR count). The molecular formula is C26H21NO5S. The molecular weight excluding hydrogens is 438 g/mol. The van der Waals surface area contributed by atoms with Gasteiger partial charge in [0.05, 0.1) is 12.7 Å². The van der Waals surface area contributed by atoms with Crippen molar-refractivity contribution in [1.29, 1.82) is 0 Å². The number of anilines is 1. The van der Waals surface area contributed by atoms with Crippen molar-refractivity contribution in [2.45, 2.75) is 19.4 Å². The minimum Gasteiger partial charge on any atom is -0.503 e. The van der Waals surface area contributed by atoms with Gasteiger partial charge in [0.25, 0.3) is 5.91 Å². The van der Waals surface area contributed by atoms with Crippen molar-refractivity contribution < 1.29 is 23.8 Å². The number of hydrogen-bond acceptors (Lipinski definition) is 6. The number of carbonyl (C=O) groups is 2. The molecule has 0 spiro atoms. The van der Waals surface area contributed by atoms with Crippen molar-refractivity contribution in [3.8, 4) is 5.75 Å². The molecule has 0 saturated heterocycles. The van der Waals surface area contributed by atoms with E-state index in [1.54, 1.807) is 18.2 Å². The fraction of sp³-hybridized carbons (Fsp3) is 0.154. The van der Waals surface area contributed by atoms with Crippen molar-refractivity contribution in [2.75, 3.05) is 12.0 Å². The fourth-order valence-corrected chi connectivity index (χ4v) is 4.98. The molecule has 6 nitrogen and oxygen atoms in total. The molecule has 0 bridgehead atoms. The number of para-hydroxylation sites is 1. The third-order valence-corrected chi connectivity index (χ3v) is 6.76. The lowest BCUT2D eigenvalue weighted by Crippen LogP contribution is -2.30. The van der Waals surface area contributed by atoms with Gasteiger partial charge in [-0.2, -0.15) is 0 Å². The highest BCUT2D eigenvalue weighted by atomic mass is 32.1. The normalized spacial score (nSPS) is 16.1. The van der Waals surface area contributed by atoms with Gasteiger partial charge in [0.2, 0.25) is 5.78 Å². The number of carbonyl (C=O) groups excluding carboxylic acids is 2. The van der Waals surface area contributed by atoms with Crippen molar-refractivity contribution >= 4 is 39.7 Å². The minimum atomic E-state index is -0.757. The highest BCUT2D eigenvalue weighted by molar-refractivity contribution is 7.10. The second-order valence-electron chi connectivity index (χ2n) is 7.69. The summed E-state index contributed by atoms with van der Waals surface area (Å²) in [5, 5.41) is 13.4.